The fourth-order valence-corrected chi connectivity index (χ4v) is 3.71. The Labute approximate surface area is 137 Å². The summed E-state index contributed by atoms with van der Waals surface area (Å²) < 4.78 is 3.01. The van der Waals surface area contributed by atoms with Gasteiger partial charge in [0.05, 0.1) is 16.0 Å². The summed E-state index contributed by atoms with van der Waals surface area (Å²) in [6, 6.07) is 6.01. The highest BCUT2D eigenvalue weighted by atomic mass is 79.9. The zero-order valence-electron chi connectivity index (χ0n) is 12.5. The van der Waals surface area contributed by atoms with E-state index in [-0.39, 0.29) is 11.9 Å². The first-order chi connectivity index (χ1) is 9.92. The molecular formula is C15H20BrN3OS. The van der Waals surface area contributed by atoms with Gasteiger partial charge in [-0.05, 0) is 54.9 Å². The maximum absolute atomic E-state index is 12.8. The second-order valence-electron chi connectivity index (χ2n) is 5.18. The second-order valence-corrected chi connectivity index (χ2v) is 7.73. The predicted molar refractivity (Wildman–Crippen MR) is 91.7 cm³/mol. The standard InChI is InChI=1S/C15H20BrN3OS/c1-4-18(9-12-5-6-14(16)21-12)15(20)13-7-11(17)8-19(13)10(2)3/h5-8,10H,4,9,17H2,1-3H3. The highest BCUT2D eigenvalue weighted by molar-refractivity contribution is 9.11. The molecule has 0 aromatic carbocycles. The van der Waals surface area contributed by atoms with Crippen LogP contribution in [0, 0.1) is 0 Å². The minimum absolute atomic E-state index is 0.0208. The van der Waals surface area contributed by atoms with Crippen LogP contribution < -0.4 is 5.73 Å². The lowest BCUT2D eigenvalue weighted by molar-refractivity contribution is 0.0741. The fourth-order valence-electron chi connectivity index (χ4n) is 2.21. The molecular weight excluding hydrogens is 350 g/mol. The molecule has 2 aromatic rings. The van der Waals surface area contributed by atoms with E-state index in [2.05, 4.69) is 15.9 Å². The first-order valence-corrected chi connectivity index (χ1v) is 8.54. The molecule has 0 saturated carbocycles. The molecule has 0 saturated heterocycles. The van der Waals surface area contributed by atoms with Crippen LogP contribution >= 0.6 is 27.3 Å². The van der Waals surface area contributed by atoms with Crippen LogP contribution in [0.5, 0.6) is 0 Å². The third-order valence-corrected chi connectivity index (χ3v) is 4.90. The summed E-state index contributed by atoms with van der Waals surface area (Å²) in [6.45, 7) is 7.37. The minimum Gasteiger partial charge on any atom is -0.397 e. The van der Waals surface area contributed by atoms with E-state index in [0.29, 0.717) is 24.5 Å². The van der Waals surface area contributed by atoms with Gasteiger partial charge in [-0.1, -0.05) is 0 Å². The number of anilines is 1. The molecule has 0 aliphatic carbocycles. The molecule has 1 amide bonds. The molecule has 4 nitrogen and oxygen atoms in total. The van der Waals surface area contributed by atoms with E-state index in [1.807, 2.05) is 48.6 Å². The third kappa shape index (κ3) is 3.68. The van der Waals surface area contributed by atoms with E-state index in [0.717, 1.165) is 8.66 Å². The second kappa shape index (κ2) is 6.66. The van der Waals surface area contributed by atoms with Crippen molar-refractivity contribution in [2.24, 2.45) is 0 Å². The van der Waals surface area contributed by atoms with Gasteiger partial charge >= 0.3 is 0 Å². The molecule has 2 rings (SSSR count). The van der Waals surface area contributed by atoms with E-state index < -0.39 is 0 Å². The molecule has 2 N–H and O–H groups in total. The van der Waals surface area contributed by atoms with Crippen LogP contribution in [-0.2, 0) is 6.54 Å². The molecule has 21 heavy (non-hydrogen) atoms. The number of halogens is 1. The maximum atomic E-state index is 12.8. The fraction of sp³-hybridized carbons (Fsp3) is 0.400. The number of hydrogen-bond donors (Lipinski definition) is 1. The molecule has 0 aliphatic heterocycles. The lowest BCUT2D eigenvalue weighted by Crippen LogP contribution is -2.31. The predicted octanol–water partition coefficient (Wildman–Crippen LogP) is 4.14. The summed E-state index contributed by atoms with van der Waals surface area (Å²) >= 11 is 5.11. The smallest absolute Gasteiger partial charge is 0.270 e. The first-order valence-electron chi connectivity index (χ1n) is 6.93. The van der Waals surface area contributed by atoms with Crippen LogP contribution in [-0.4, -0.2) is 21.9 Å². The number of nitrogen functional groups attached to an aromatic ring is 1. The molecule has 2 heterocycles. The summed E-state index contributed by atoms with van der Waals surface area (Å²) in [5.74, 6) is 0.0208. The molecule has 114 valence electrons. The van der Waals surface area contributed by atoms with E-state index in [9.17, 15) is 4.79 Å². The minimum atomic E-state index is 0.0208. The zero-order chi connectivity index (χ0) is 15.6. The Morgan fingerprint density at radius 2 is 2.19 bits per heavy atom. The van der Waals surface area contributed by atoms with E-state index in [1.54, 1.807) is 17.4 Å². The Morgan fingerprint density at radius 3 is 2.71 bits per heavy atom. The lowest BCUT2D eigenvalue weighted by Gasteiger charge is -2.22. The summed E-state index contributed by atoms with van der Waals surface area (Å²) in [7, 11) is 0. The number of thiophene rings is 1. The monoisotopic (exact) mass is 369 g/mol. The highest BCUT2D eigenvalue weighted by Gasteiger charge is 2.20. The quantitative estimate of drug-likeness (QED) is 0.860. The number of nitrogens with zero attached hydrogens (tertiary/aromatic N) is 2. The number of aromatic nitrogens is 1. The Morgan fingerprint density at radius 1 is 1.48 bits per heavy atom. The van der Waals surface area contributed by atoms with Crippen molar-refractivity contribution in [2.75, 3.05) is 12.3 Å². The average Bonchev–Trinajstić information content (AvgIpc) is 3.01. The largest absolute Gasteiger partial charge is 0.397 e. The molecule has 0 fully saturated rings. The molecule has 6 heteroatoms. The van der Waals surface area contributed by atoms with Gasteiger partial charge in [0.15, 0.2) is 0 Å². The molecule has 0 bridgehead atoms. The van der Waals surface area contributed by atoms with Crippen molar-refractivity contribution in [3.8, 4) is 0 Å². The van der Waals surface area contributed by atoms with Crippen molar-refractivity contribution in [1.82, 2.24) is 9.47 Å². The normalized spacial score (nSPS) is 11.1. The van der Waals surface area contributed by atoms with Crippen molar-refractivity contribution >= 4 is 38.9 Å². The first kappa shape index (κ1) is 16.1. The Bertz CT molecular complexity index is 633. The van der Waals surface area contributed by atoms with Crippen LogP contribution in [0.15, 0.2) is 28.2 Å². The number of carbonyl (C=O) groups excluding carboxylic acids is 1. The number of rotatable bonds is 5. The maximum Gasteiger partial charge on any atom is 0.270 e. The summed E-state index contributed by atoms with van der Waals surface area (Å²) in [6.07, 6.45) is 1.83. The molecule has 2 aromatic heterocycles. The van der Waals surface area contributed by atoms with Crippen LogP contribution in [0.1, 0.15) is 42.2 Å². The third-order valence-electron chi connectivity index (χ3n) is 3.29. The average molecular weight is 370 g/mol. The SMILES string of the molecule is CCN(Cc1ccc(Br)s1)C(=O)c1cc(N)cn1C(C)C. The van der Waals surface area contributed by atoms with Gasteiger partial charge in [0.25, 0.3) is 5.91 Å². The van der Waals surface area contributed by atoms with Gasteiger partial charge in [-0.25, -0.2) is 0 Å². The Kier molecular flexibility index (Phi) is 5.11. The van der Waals surface area contributed by atoms with Gasteiger partial charge in [0, 0.05) is 23.7 Å². The highest BCUT2D eigenvalue weighted by Crippen LogP contribution is 2.24. The Balaban J connectivity index is 2.24. The van der Waals surface area contributed by atoms with Gasteiger partial charge in [-0.3, -0.25) is 4.79 Å². The number of hydrogen-bond acceptors (Lipinski definition) is 3. The van der Waals surface area contributed by atoms with Gasteiger partial charge in [0.1, 0.15) is 5.69 Å². The molecule has 0 atom stereocenters. The zero-order valence-corrected chi connectivity index (χ0v) is 14.9. The van der Waals surface area contributed by atoms with Crippen LogP contribution in [0.3, 0.4) is 0 Å². The molecule has 0 unspecified atom stereocenters. The van der Waals surface area contributed by atoms with E-state index in [1.165, 1.54) is 0 Å². The van der Waals surface area contributed by atoms with Crippen molar-refractivity contribution in [1.29, 1.82) is 0 Å². The van der Waals surface area contributed by atoms with Crippen LogP contribution in [0.4, 0.5) is 5.69 Å². The van der Waals surface area contributed by atoms with Gasteiger partial charge in [-0.2, -0.15) is 0 Å². The van der Waals surface area contributed by atoms with Crippen LogP contribution in [0.2, 0.25) is 0 Å². The van der Waals surface area contributed by atoms with E-state index >= 15 is 0 Å². The van der Waals surface area contributed by atoms with Crippen LogP contribution in [0.25, 0.3) is 0 Å². The van der Waals surface area contributed by atoms with E-state index in [4.69, 9.17) is 5.73 Å². The summed E-state index contributed by atoms with van der Waals surface area (Å²) in [5, 5.41) is 0. The van der Waals surface area contributed by atoms with Gasteiger partial charge in [-0.15, -0.1) is 11.3 Å². The summed E-state index contributed by atoms with van der Waals surface area (Å²) in [5.41, 5.74) is 7.14. The van der Waals surface area contributed by atoms with Crippen molar-refractivity contribution in [3.05, 3.63) is 38.8 Å². The Hall–Kier alpha value is -1.27. The van der Waals surface area contributed by atoms with Crippen molar-refractivity contribution < 1.29 is 4.79 Å². The summed E-state index contributed by atoms with van der Waals surface area (Å²) in [4.78, 5) is 15.8. The van der Waals surface area contributed by atoms with Gasteiger partial charge < -0.3 is 15.2 Å². The molecule has 0 radical (unpaired) electrons. The number of nitrogens with two attached hydrogens (primary N) is 1. The van der Waals surface area contributed by atoms with Crippen molar-refractivity contribution in [2.45, 2.75) is 33.4 Å². The topological polar surface area (TPSA) is 51.3 Å². The molecule has 0 spiro atoms. The number of carbonyl (C=O) groups is 1. The lowest BCUT2D eigenvalue weighted by atomic mass is 10.3. The van der Waals surface area contributed by atoms with Gasteiger partial charge in [0.2, 0.25) is 0 Å². The molecule has 0 aliphatic rings. The van der Waals surface area contributed by atoms with Crippen molar-refractivity contribution in [3.63, 3.8) is 0 Å². The number of amides is 1.